The third-order valence-corrected chi connectivity index (χ3v) is 3.37. The van der Waals surface area contributed by atoms with E-state index in [1.807, 2.05) is 24.4 Å². The van der Waals surface area contributed by atoms with Crippen LogP contribution in [0.2, 0.25) is 0 Å². The monoisotopic (exact) mass is 199 g/mol. The van der Waals surface area contributed by atoms with Gasteiger partial charge in [0.1, 0.15) is 0 Å². The van der Waals surface area contributed by atoms with E-state index in [-0.39, 0.29) is 0 Å². The maximum atomic E-state index is 10.9. The molecular formula is C13H13NO. The Labute approximate surface area is 88.5 Å². The summed E-state index contributed by atoms with van der Waals surface area (Å²) in [5.74, 6) is 0. The van der Waals surface area contributed by atoms with Gasteiger partial charge in [-0.25, -0.2) is 0 Å². The van der Waals surface area contributed by atoms with Crippen molar-refractivity contribution >= 4 is 17.2 Å². The molecule has 15 heavy (non-hydrogen) atoms. The standard InChI is InChI=1S/C13H13NO/c15-9-10-8-14(11-4-3-5-11)13-7-2-1-6-12(10)13/h1-2,6-9,11H,3-5H2. The second-order valence-electron chi connectivity index (χ2n) is 4.21. The third-order valence-electron chi connectivity index (χ3n) is 3.37. The Balaban J connectivity index is 2.24. The third kappa shape index (κ3) is 1.21. The minimum absolute atomic E-state index is 0.614. The molecule has 2 aromatic rings. The van der Waals surface area contributed by atoms with E-state index in [9.17, 15) is 4.79 Å². The molecule has 2 nitrogen and oxygen atoms in total. The second kappa shape index (κ2) is 3.23. The van der Waals surface area contributed by atoms with Crippen LogP contribution in [-0.4, -0.2) is 10.9 Å². The summed E-state index contributed by atoms with van der Waals surface area (Å²) in [5, 5.41) is 1.08. The van der Waals surface area contributed by atoms with Gasteiger partial charge in [0, 0.05) is 28.7 Å². The van der Waals surface area contributed by atoms with Crippen LogP contribution in [0.15, 0.2) is 30.5 Å². The number of rotatable bonds is 2. The summed E-state index contributed by atoms with van der Waals surface area (Å²) >= 11 is 0. The Morgan fingerprint density at radius 1 is 1.27 bits per heavy atom. The van der Waals surface area contributed by atoms with Gasteiger partial charge in [-0.1, -0.05) is 18.2 Å². The molecule has 1 heterocycles. The van der Waals surface area contributed by atoms with Crippen LogP contribution in [0.1, 0.15) is 35.7 Å². The quantitative estimate of drug-likeness (QED) is 0.681. The van der Waals surface area contributed by atoms with E-state index in [0.717, 1.165) is 17.2 Å². The molecule has 1 saturated carbocycles. The summed E-state index contributed by atoms with van der Waals surface area (Å²) in [4.78, 5) is 10.9. The van der Waals surface area contributed by atoms with Crippen LogP contribution in [0, 0.1) is 0 Å². The van der Waals surface area contributed by atoms with Gasteiger partial charge >= 0.3 is 0 Å². The van der Waals surface area contributed by atoms with Crippen LogP contribution in [0.25, 0.3) is 10.9 Å². The lowest BCUT2D eigenvalue weighted by Gasteiger charge is -2.27. The van der Waals surface area contributed by atoms with Crippen molar-refractivity contribution < 1.29 is 4.79 Å². The molecule has 2 heteroatoms. The van der Waals surface area contributed by atoms with Crippen molar-refractivity contribution in [2.75, 3.05) is 0 Å². The summed E-state index contributed by atoms with van der Waals surface area (Å²) in [6, 6.07) is 8.75. The van der Waals surface area contributed by atoms with Crippen molar-refractivity contribution in [3.8, 4) is 0 Å². The molecule has 1 aliphatic carbocycles. The fourth-order valence-electron chi connectivity index (χ4n) is 2.29. The highest BCUT2D eigenvalue weighted by Crippen LogP contribution is 2.35. The topological polar surface area (TPSA) is 22.0 Å². The first-order valence-corrected chi connectivity index (χ1v) is 5.45. The van der Waals surface area contributed by atoms with Gasteiger partial charge in [-0.05, 0) is 25.3 Å². The van der Waals surface area contributed by atoms with E-state index in [0.29, 0.717) is 6.04 Å². The zero-order valence-electron chi connectivity index (χ0n) is 8.52. The van der Waals surface area contributed by atoms with Crippen molar-refractivity contribution in [3.63, 3.8) is 0 Å². The molecule has 1 aliphatic rings. The Bertz CT molecular complexity index is 508. The summed E-state index contributed by atoms with van der Waals surface area (Å²) in [6.45, 7) is 0. The summed E-state index contributed by atoms with van der Waals surface area (Å²) in [7, 11) is 0. The van der Waals surface area contributed by atoms with Crippen LogP contribution >= 0.6 is 0 Å². The maximum absolute atomic E-state index is 10.9. The highest BCUT2D eigenvalue weighted by molar-refractivity contribution is 5.97. The van der Waals surface area contributed by atoms with Crippen LogP contribution in [0.5, 0.6) is 0 Å². The van der Waals surface area contributed by atoms with Gasteiger partial charge < -0.3 is 4.57 Å². The molecule has 0 saturated heterocycles. The lowest BCUT2D eigenvalue weighted by molar-refractivity contribution is 0.112. The Morgan fingerprint density at radius 2 is 2.07 bits per heavy atom. The Morgan fingerprint density at radius 3 is 2.73 bits per heavy atom. The number of carbonyl (C=O) groups is 1. The fourth-order valence-corrected chi connectivity index (χ4v) is 2.29. The highest BCUT2D eigenvalue weighted by Gasteiger charge is 2.21. The molecule has 0 atom stereocenters. The minimum atomic E-state index is 0.614. The van der Waals surface area contributed by atoms with Gasteiger partial charge in [0.15, 0.2) is 6.29 Å². The number of carbonyl (C=O) groups excluding carboxylic acids is 1. The summed E-state index contributed by atoms with van der Waals surface area (Å²) in [6.07, 6.45) is 6.76. The average molecular weight is 199 g/mol. The number of hydrogen-bond donors (Lipinski definition) is 0. The zero-order chi connectivity index (χ0) is 10.3. The molecular weight excluding hydrogens is 186 g/mol. The lowest BCUT2D eigenvalue weighted by Crippen LogP contribution is -2.15. The smallest absolute Gasteiger partial charge is 0.152 e. The van der Waals surface area contributed by atoms with E-state index in [1.165, 1.54) is 24.8 Å². The number of nitrogens with zero attached hydrogens (tertiary/aromatic N) is 1. The van der Waals surface area contributed by atoms with Crippen LogP contribution in [-0.2, 0) is 0 Å². The van der Waals surface area contributed by atoms with Crippen molar-refractivity contribution in [2.24, 2.45) is 0 Å². The molecule has 0 amide bonds. The van der Waals surface area contributed by atoms with Gasteiger partial charge in [-0.3, -0.25) is 4.79 Å². The molecule has 0 radical (unpaired) electrons. The predicted octanol–water partition coefficient (Wildman–Crippen LogP) is 3.18. The normalized spacial score (nSPS) is 16.5. The highest BCUT2D eigenvalue weighted by atomic mass is 16.1. The van der Waals surface area contributed by atoms with E-state index in [2.05, 4.69) is 10.6 Å². The van der Waals surface area contributed by atoms with E-state index in [4.69, 9.17) is 0 Å². The summed E-state index contributed by atoms with van der Waals surface area (Å²) < 4.78 is 2.27. The molecule has 0 spiro atoms. The molecule has 1 aromatic heterocycles. The Hall–Kier alpha value is -1.57. The van der Waals surface area contributed by atoms with Crippen molar-refractivity contribution in [3.05, 3.63) is 36.0 Å². The molecule has 3 rings (SSSR count). The van der Waals surface area contributed by atoms with Gasteiger partial charge in [-0.15, -0.1) is 0 Å². The van der Waals surface area contributed by atoms with Crippen molar-refractivity contribution in [2.45, 2.75) is 25.3 Å². The van der Waals surface area contributed by atoms with Crippen LogP contribution in [0.4, 0.5) is 0 Å². The largest absolute Gasteiger partial charge is 0.344 e. The van der Waals surface area contributed by atoms with Gasteiger partial charge in [-0.2, -0.15) is 0 Å². The van der Waals surface area contributed by atoms with Gasteiger partial charge in [0.2, 0.25) is 0 Å². The number of benzene rings is 1. The predicted molar refractivity (Wildman–Crippen MR) is 60.2 cm³/mol. The zero-order valence-corrected chi connectivity index (χ0v) is 8.52. The number of aldehydes is 1. The first-order chi connectivity index (χ1) is 7.40. The lowest BCUT2D eigenvalue weighted by atomic mass is 9.93. The average Bonchev–Trinajstić information content (AvgIpc) is 2.55. The van der Waals surface area contributed by atoms with E-state index >= 15 is 0 Å². The van der Waals surface area contributed by atoms with Crippen molar-refractivity contribution in [1.29, 1.82) is 0 Å². The molecule has 0 N–H and O–H groups in total. The first kappa shape index (κ1) is 8.72. The molecule has 1 aromatic carbocycles. The second-order valence-corrected chi connectivity index (χ2v) is 4.21. The molecule has 0 bridgehead atoms. The minimum Gasteiger partial charge on any atom is -0.344 e. The van der Waals surface area contributed by atoms with Crippen LogP contribution < -0.4 is 0 Å². The molecule has 76 valence electrons. The number of aromatic nitrogens is 1. The summed E-state index contributed by atoms with van der Waals surface area (Å²) in [5.41, 5.74) is 2.02. The van der Waals surface area contributed by atoms with Gasteiger partial charge in [0.25, 0.3) is 0 Å². The number of fused-ring (bicyclic) bond motifs is 1. The molecule has 0 unspecified atom stereocenters. The molecule has 1 fully saturated rings. The fraction of sp³-hybridized carbons (Fsp3) is 0.308. The number of hydrogen-bond acceptors (Lipinski definition) is 1. The van der Waals surface area contributed by atoms with Crippen molar-refractivity contribution in [1.82, 2.24) is 4.57 Å². The van der Waals surface area contributed by atoms with Crippen LogP contribution in [0.3, 0.4) is 0 Å². The van der Waals surface area contributed by atoms with E-state index in [1.54, 1.807) is 0 Å². The molecule has 0 aliphatic heterocycles. The van der Waals surface area contributed by atoms with E-state index < -0.39 is 0 Å². The SMILES string of the molecule is O=Cc1cn(C2CCC2)c2ccccc12. The number of para-hydroxylation sites is 1. The van der Waals surface area contributed by atoms with Gasteiger partial charge in [0.05, 0.1) is 0 Å². The first-order valence-electron chi connectivity index (χ1n) is 5.45. The Kier molecular flexibility index (Phi) is 1.88. The maximum Gasteiger partial charge on any atom is 0.152 e.